The summed E-state index contributed by atoms with van der Waals surface area (Å²) < 4.78 is 0. The second-order valence-corrected chi connectivity index (χ2v) is 5.28. The maximum absolute atomic E-state index is 3.55. The van der Waals surface area contributed by atoms with Crippen LogP contribution in [0.3, 0.4) is 0 Å². The Morgan fingerprint density at radius 2 is 2.06 bits per heavy atom. The fourth-order valence-electron chi connectivity index (χ4n) is 3.38. The van der Waals surface area contributed by atoms with Crippen LogP contribution in [0.25, 0.3) is 0 Å². The number of benzene rings is 1. The van der Waals surface area contributed by atoms with Gasteiger partial charge in [-0.3, -0.25) is 0 Å². The highest BCUT2D eigenvalue weighted by Crippen LogP contribution is 2.44. The third kappa shape index (κ3) is 1.23. The summed E-state index contributed by atoms with van der Waals surface area (Å²) in [6.45, 7) is 9.16. The zero-order valence-electron chi connectivity index (χ0n) is 10.3. The highest BCUT2D eigenvalue weighted by molar-refractivity contribution is 5.67. The normalized spacial score (nSPS) is 32.4. The van der Waals surface area contributed by atoms with Gasteiger partial charge < -0.3 is 10.2 Å². The molecule has 0 bridgehead atoms. The van der Waals surface area contributed by atoms with E-state index in [1.165, 1.54) is 11.3 Å². The summed E-state index contributed by atoms with van der Waals surface area (Å²) >= 11 is 0. The number of anilines is 1. The van der Waals surface area contributed by atoms with Crippen LogP contribution in [0.4, 0.5) is 5.69 Å². The van der Waals surface area contributed by atoms with E-state index < -0.39 is 0 Å². The van der Waals surface area contributed by atoms with Crippen molar-refractivity contribution in [3.8, 4) is 0 Å². The quantitative estimate of drug-likeness (QED) is 0.715. The lowest BCUT2D eigenvalue weighted by atomic mass is 9.95. The number of fused-ring (bicyclic) bond motifs is 3. The van der Waals surface area contributed by atoms with E-state index in [1.807, 2.05) is 0 Å². The SMILES string of the molecule is Cc1cccc2c1N1[C@H](C)CNC[C@H]1[C@H]2C. The summed E-state index contributed by atoms with van der Waals surface area (Å²) in [5.74, 6) is 0.658. The molecule has 86 valence electrons. The topological polar surface area (TPSA) is 15.3 Å². The minimum Gasteiger partial charge on any atom is -0.362 e. The zero-order valence-corrected chi connectivity index (χ0v) is 10.3. The van der Waals surface area contributed by atoms with Crippen LogP contribution in [0.2, 0.25) is 0 Å². The summed E-state index contributed by atoms with van der Waals surface area (Å²) in [6.07, 6.45) is 0. The lowest BCUT2D eigenvalue weighted by molar-refractivity contribution is 0.402. The molecule has 3 atom stereocenters. The average molecular weight is 216 g/mol. The minimum absolute atomic E-state index is 0.614. The van der Waals surface area contributed by atoms with Crippen molar-refractivity contribution in [1.29, 1.82) is 0 Å². The second kappa shape index (κ2) is 3.49. The first-order valence-corrected chi connectivity index (χ1v) is 6.28. The van der Waals surface area contributed by atoms with E-state index >= 15 is 0 Å². The summed E-state index contributed by atoms with van der Waals surface area (Å²) in [5.41, 5.74) is 4.48. The van der Waals surface area contributed by atoms with Crippen LogP contribution in [0.15, 0.2) is 18.2 Å². The van der Waals surface area contributed by atoms with Gasteiger partial charge >= 0.3 is 0 Å². The van der Waals surface area contributed by atoms with Gasteiger partial charge in [-0.15, -0.1) is 0 Å². The Bertz CT molecular complexity index is 413. The van der Waals surface area contributed by atoms with Crippen molar-refractivity contribution in [2.75, 3.05) is 18.0 Å². The molecule has 3 rings (SSSR count). The molecule has 2 heterocycles. The number of nitrogens with zero attached hydrogens (tertiary/aromatic N) is 1. The Kier molecular flexibility index (Phi) is 2.21. The molecule has 0 aromatic heterocycles. The molecule has 1 aromatic carbocycles. The van der Waals surface area contributed by atoms with Crippen LogP contribution >= 0.6 is 0 Å². The van der Waals surface area contributed by atoms with Crippen molar-refractivity contribution < 1.29 is 0 Å². The van der Waals surface area contributed by atoms with Crippen LogP contribution in [0.5, 0.6) is 0 Å². The molecule has 1 N–H and O–H groups in total. The Labute approximate surface area is 97.6 Å². The first-order valence-electron chi connectivity index (χ1n) is 6.28. The molecule has 2 heteroatoms. The number of nitrogens with one attached hydrogen (secondary N) is 1. The van der Waals surface area contributed by atoms with E-state index in [2.05, 4.69) is 49.2 Å². The first kappa shape index (κ1) is 10.2. The second-order valence-electron chi connectivity index (χ2n) is 5.28. The number of aryl methyl sites for hydroxylation is 1. The Balaban J connectivity index is 2.14. The molecule has 0 aliphatic carbocycles. The predicted octanol–water partition coefficient (Wildman–Crippen LogP) is 2.28. The van der Waals surface area contributed by atoms with E-state index in [4.69, 9.17) is 0 Å². The van der Waals surface area contributed by atoms with Crippen molar-refractivity contribution in [3.63, 3.8) is 0 Å². The van der Waals surface area contributed by atoms with Crippen LogP contribution < -0.4 is 10.2 Å². The van der Waals surface area contributed by atoms with Crippen LogP contribution in [0, 0.1) is 6.92 Å². The summed E-state index contributed by atoms with van der Waals surface area (Å²) in [4.78, 5) is 2.64. The van der Waals surface area contributed by atoms with Crippen LogP contribution in [-0.4, -0.2) is 25.2 Å². The highest BCUT2D eigenvalue weighted by Gasteiger charge is 2.40. The molecule has 1 saturated heterocycles. The number of hydrogen-bond donors (Lipinski definition) is 1. The fraction of sp³-hybridized carbons (Fsp3) is 0.571. The molecule has 0 radical (unpaired) electrons. The number of piperazine rings is 1. The molecule has 0 saturated carbocycles. The van der Waals surface area contributed by atoms with Gasteiger partial charge in [0.05, 0.1) is 0 Å². The Morgan fingerprint density at radius 1 is 1.25 bits per heavy atom. The first-order chi connectivity index (χ1) is 7.70. The summed E-state index contributed by atoms with van der Waals surface area (Å²) in [7, 11) is 0. The van der Waals surface area contributed by atoms with E-state index in [9.17, 15) is 0 Å². The van der Waals surface area contributed by atoms with Crippen molar-refractivity contribution >= 4 is 5.69 Å². The van der Waals surface area contributed by atoms with Gasteiger partial charge in [0.15, 0.2) is 0 Å². The summed E-state index contributed by atoms with van der Waals surface area (Å²) in [6, 6.07) is 8.01. The smallest absolute Gasteiger partial charge is 0.0484 e. The monoisotopic (exact) mass is 216 g/mol. The van der Waals surface area contributed by atoms with E-state index in [1.54, 1.807) is 5.56 Å². The van der Waals surface area contributed by atoms with Crippen molar-refractivity contribution in [3.05, 3.63) is 29.3 Å². The maximum atomic E-state index is 3.55. The molecule has 2 nitrogen and oxygen atoms in total. The minimum atomic E-state index is 0.614. The molecule has 2 aliphatic rings. The van der Waals surface area contributed by atoms with Gasteiger partial charge in [0.2, 0.25) is 0 Å². The maximum Gasteiger partial charge on any atom is 0.0484 e. The van der Waals surface area contributed by atoms with Gasteiger partial charge in [-0.1, -0.05) is 25.1 Å². The standard InChI is InChI=1S/C14H20N2/c1-9-5-4-6-12-11(3)13-8-15-7-10(2)16(13)14(9)12/h4-6,10-11,13,15H,7-8H2,1-3H3/t10-,11+,13+/m1/s1. The van der Waals surface area contributed by atoms with Crippen molar-refractivity contribution in [2.24, 2.45) is 0 Å². The summed E-state index contributed by atoms with van der Waals surface area (Å²) in [5, 5.41) is 3.55. The molecule has 0 amide bonds. The van der Waals surface area contributed by atoms with Crippen LogP contribution in [-0.2, 0) is 0 Å². The van der Waals surface area contributed by atoms with Crippen LogP contribution in [0.1, 0.15) is 30.9 Å². The van der Waals surface area contributed by atoms with E-state index in [0.29, 0.717) is 18.0 Å². The van der Waals surface area contributed by atoms with Crippen molar-refractivity contribution in [1.82, 2.24) is 5.32 Å². The fourth-order valence-corrected chi connectivity index (χ4v) is 3.38. The molecule has 0 unspecified atom stereocenters. The van der Waals surface area contributed by atoms with Gasteiger partial charge in [-0.25, -0.2) is 0 Å². The lowest BCUT2D eigenvalue weighted by Gasteiger charge is -2.40. The van der Waals surface area contributed by atoms with Gasteiger partial charge in [0, 0.05) is 36.8 Å². The molecule has 1 aromatic rings. The largest absolute Gasteiger partial charge is 0.362 e. The average Bonchev–Trinajstić information content (AvgIpc) is 2.56. The molecule has 2 aliphatic heterocycles. The van der Waals surface area contributed by atoms with Crippen molar-refractivity contribution in [2.45, 2.75) is 38.8 Å². The third-order valence-corrected chi connectivity index (χ3v) is 4.22. The number of hydrogen-bond acceptors (Lipinski definition) is 2. The molecular formula is C14H20N2. The molecule has 0 spiro atoms. The third-order valence-electron chi connectivity index (χ3n) is 4.22. The van der Waals surface area contributed by atoms with Gasteiger partial charge in [0.25, 0.3) is 0 Å². The highest BCUT2D eigenvalue weighted by atomic mass is 15.3. The van der Waals surface area contributed by atoms with Gasteiger partial charge in [-0.2, -0.15) is 0 Å². The van der Waals surface area contributed by atoms with E-state index in [0.717, 1.165) is 13.1 Å². The lowest BCUT2D eigenvalue weighted by Crippen LogP contribution is -2.55. The van der Waals surface area contributed by atoms with Gasteiger partial charge in [0.1, 0.15) is 0 Å². The zero-order chi connectivity index (χ0) is 11.3. The molecular weight excluding hydrogens is 196 g/mol. The Hall–Kier alpha value is -1.02. The number of rotatable bonds is 0. The van der Waals surface area contributed by atoms with E-state index in [-0.39, 0.29) is 0 Å². The number of para-hydroxylation sites is 1. The molecule has 1 fully saturated rings. The van der Waals surface area contributed by atoms with Gasteiger partial charge in [-0.05, 0) is 25.0 Å². The Morgan fingerprint density at radius 3 is 2.88 bits per heavy atom. The predicted molar refractivity (Wildman–Crippen MR) is 68.2 cm³/mol. The molecule has 16 heavy (non-hydrogen) atoms.